The quantitative estimate of drug-likeness (QED) is 0.659. The highest BCUT2D eigenvalue weighted by Crippen LogP contribution is 2.17. The average molecular weight is 384 g/mol. The second-order valence-corrected chi connectivity index (χ2v) is 6.71. The van der Waals surface area contributed by atoms with E-state index < -0.39 is 0 Å². The number of hydrogen-bond acceptors (Lipinski definition) is 2. The number of nitrogens with one attached hydrogen (secondary N) is 1. The minimum absolute atomic E-state index is 0.100. The van der Waals surface area contributed by atoms with E-state index in [1.54, 1.807) is 10.9 Å². The van der Waals surface area contributed by atoms with E-state index in [2.05, 4.69) is 32.9 Å². The maximum absolute atomic E-state index is 12.7. The lowest BCUT2D eigenvalue weighted by Crippen LogP contribution is -2.17. The topological polar surface area (TPSA) is 50.1 Å². The number of aryl methyl sites for hydroxylation is 3. The fraction of sp³-hybridized carbons (Fsp3) is 0.158. The minimum Gasteiger partial charge on any atom is -0.295 e. The Hall–Kier alpha value is -2.40. The van der Waals surface area contributed by atoms with E-state index in [0.29, 0.717) is 5.56 Å². The molecule has 24 heavy (non-hydrogen) atoms. The normalized spacial score (nSPS) is 11.3. The zero-order valence-corrected chi connectivity index (χ0v) is 15.4. The Morgan fingerprint density at radius 1 is 1.04 bits per heavy atom. The molecule has 1 N–H and O–H groups in total. The standard InChI is InChI=1S/C19H18BrN3O/c1-12-4-9-17(10-13(12)2)23-19(24)18(14(3)22-23)11-21-16-7-5-15(20)6-8-16/h4-11,22H,1-3H3. The molecule has 0 unspecified atom stereocenters. The second kappa shape index (κ2) is 6.61. The number of hydrogen-bond donors (Lipinski definition) is 1. The number of H-pyrrole nitrogens is 1. The summed E-state index contributed by atoms with van der Waals surface area (Å²) in [6, 6.07) is 13.6. The number of rotatable bonds is 3. The summed E-state index contributed by atoms with van der Waals surface area (Å²) < 4.78 is 2.56. The van der Waals surface area contributed by atoms with Gasteiger partial charge in [0.1, 0.15) is 0 Å². The summed E-state index contributed by atoms with van der Waals surface area (Å²) >= 11 is 3.39. The first-order valence-corrected chi connectivity index (χ1v) is 8.44. The fourth-order valence-corrected chi connectivity index (χ4v) is 2.69. The predicted molar refractivity (Wildman–Crippen MR) is 102 cm³/mol. The van der Waals surface area contributed by atoms with Gasteiger partial charge in [0.15, 0.2) is 0 Å². The summed E-state index contributed by atoms with van der Waals surface area (Å²) in [5.74, 6) is 0. The van der Waals surface area contributed by atoms with Gasteiger partial charge < -0.3 is 0 Å². The highest BCUT2D eigenvalue weighted by molar-refractivity contribution is 9.10. The van der Waals surface area contributed by atoms with E-state index in [1.165, 1.54) is 5.56 Å². The SMILES string of the molecule is Cc1ccc(-n2[nH]c(C)c(C=Nc3ccc(Br)cc3)c2=O)cc1C. The summed E-state index contributed by atoms with van der Waals surface area (Å²) in [7, 11) is 0. The van der Waals surface area contributed by atoms with Crippen molar-refractivity contribution in [2.45, 2.75) is 20.8 Å². The van der Waals surface area contributed by atoms with Crippen molar-refractivity contribution < 1.29 is 0 Å². The van der Waals surface area contributed by atoms with E-state index in [9.17, 15) is 4.79 Å². The molecule has 0 amide bonds. The smallest absolute Gasteiger partial charge is 0.280 e. The molecule has 0 saturated heterocycles. The molecule has 0 fully saturated rings. The molecule has 0 saturated carbocycles. The third-order valence-corrected chi connectivity index (χ3v) is 4.56. The van der Waals surface area contributed by atoms with Gasteiger partial charge in [-0.2, -0.15) is 0 Å². The van der Waals surface area contributed by atoms with Crippen LogP contribution in [-0.4, -0.2) is 16.0 Å². The van der Waals surface area contributed by atoms with Gasteiger partial charge in [-0.05, 0) is 68.3 Å². The molecule has 1 heterocycles. The Morgan fingerprint density at radius 2 is 1.75 bits per heavy atom. The van der Waals surface area contributed by atoms with Crippen LogP contribution in [0.25, 0.3) is 5.69 Å². The van der Waals surface area contributed by atoms with Crippen molar-refractivity contribution in [2.75, 3.05) is 0 Å². The van der Waals surface area contributed by atoms with Crippen molar-refractivity contribution in [3.05, 3.63) is 79.7 Å². The van der Waals surface area contributed by atoms with E-state index in [4.69, 9.17) is 0 Å². The molecule has 0 aliphatic carbocycles. The molecule has 3 aromatic rings. The summed E-state index contributed by atoms with van der Waals surface area (Å²) in [4.78, 5) is 17.1. The molecule has 0 bridgehead atoms. The van der Waals surface area contributed by atoms with Crippen LogP contribution >= 0.6 is 15.9 Å². The van der Waals surface area contributed by atoms with Crippen molar-refractivity contribution >= 4 is 27.8 Å². The molecule has 5 heteroatoms. The van der Waals surface area contributed by atoms with E-state index in [0.717, 1.165) is 27.1 Å². The van der Waals surface area contributed by atoms with Crippen LogP contribution in [0.5, 0.6) is 0 Å². The lowest BCUT2D eigenvalue weighted by atomic mass is 10.1. The van der Waals surface area contributed by atoms with Crippen molar-refractivity contribution in [1.29, 1.82) is 0 Å². The average Bonchev–Trinajstić information content (AvgIpc) is 2.84. The highest BCUT2D eigenvalue weighted by atomic mass is 79.9. The zero-order valence-electron chi connectivity index (χ0n) is 13.8. The molecule has 4 nitrogen and oxygen atoms in total. The lowest BCUT2D eigenvalue weighted by Gasteiger charge is -2.05. The van der Waals surface area contributed by atoms with Crippen LogP contribution < -0.4 is 5.56 Å². The lowest BCUT2D eigenvalue weighted by molar-refractivity contribution is 0.833. The fourth-order valence-electron chi connectivity index (χ4n) is 2.42. The van der Waals surface area contributed by atoms with Crippen LogP contribution in [0.1, 0.15) is 22.4 Å². The number of halogens is 1. The molecule has 0 radical (unpaired) electrons. The first-order valence-electron chi connectivity index (χ1n) is 7.64. The molecule has 0 aliphatic heterocycles. The van der Waals surface area contributed by atoms with Crippen molar-refractivity contribution in [3.8, 4) is 5.69 Å². The summed E-state index contributed by atoms with van der Waals surface area (Å²) in [6.07, 6.45) is 1.62. The molecule has 122 valence electrons. The Labute approximate surface area is 149 Å². The molecular weight excluding hydrogens is 366 g/mol. The maximum atomic E-state index is 12.7. The first-order chi connectivity index (χ1) is 11.5. The second-order valence-electron chi connectivity index (χ2n) is 5.79. The van der Waals surface area contributed by atoms with E-state index >= 15 is 0 Å². The molecule has 0 aliphatic rings. The molecule has 3 rings (SSSR count). The zero-order chi connectivity index (χ0) is 17.3. The molecule has 0 spiro atoms. The summed E-state index contributed by atoms with van der Waals surface area (Å²) in [6.45, 7) is 5.97. The monoisotopic (exact) mass is 383 g/mol. The Bertz CT molecular complexity index is 965. The molecular formula is C19H18BrN3O. The van der Waals surface area contributed by atoms with Gasteiger partial charge >= 0.3 is 0 Å². The van der Waals surface area contributed by atoms with Gasteiger partial charge in [0.05, 0.1) is 16.9 Å². The largest absolute Gasteiger partial charge is 0.295 e. The van der Waals surface area contributed by atoms with E-state index in [-0.39, 0.29) is 5.56 Å². The van der Waals surface area contributed by atoms with Crippen molar-refractivity contribution in [3.63, 3.8) is 0 Å². The van der Waals surface area contributed by atoms with E-state index in [1.807, 2.05) is 56.3 Å². The third-order valence-electron chi connectivity index (χ3n) is 4.04. The Morgan fingerprint density at radius 3 is 2.42 bits per heavy atom. The Kier molecular flexibility index (Phi) is 4.53. The summed E-state index contributed by atoms with van der Waals surface area (Å²) in [5, 5.41) is 3.13. The molecule has 2 aromatic carbocycles. The maximum Gasteiger partial charge on any atom is 0.280 e. The van der Waals surface area contributed by atoms with Gasteiger partial charge in [0, 0.05) is 16.4 Å². The van der Waals surface area contributed by atoms with Gasteiger partial charge in [0.25, 0.3) is 5.56 Å². The minimum atomic E-state index is -0.100. The highest BCUT2D eigenvalue weighted by Gasteiger charge is 2.11. The van der Waals surface area contributed by atoms with Gasteiger partial charge in [-0.25, -0.2) is 4.68 Å². The number of benzene rings is 2. The number of nitrogens with zero attached hydrogens (tertiary/aromatic N) is 2. The number of aromatic nitrogens is 2. The van der Waals surface area contributed by atoms with Gasteiger partial charge in [-0.3, -0.25) is 14.9 Å². The third kappa shape index (κ3) is 3.26. The Balaban J connectivity index is 1.99. The van der Waals surface area contributed by atoms with Crippen LogP contribution in [0.2, 0.25) is 0 Å². The predicted octanol–water partition coefficient (Wildman–Crippen LogP) is 4.60. The van der Waals surface area contributed by atoms with Gasteiger partial charge in [0.2, 0.25) is 0 Å². The van der Waals surface area contributed by atoms with Crippen LogP contribution in [0, 0.1) is 20.8 Å². The van der Waals surface area contributed by atoms with Crippen LogP contribution in [0.15, 0.2) is 56.7 Å². The molecule has 1 aromatic heterocycles. The summed E-state index contributed by atoms with van der Waals surface area (Å²) in [5.41, 5.74) is 5.24. The van der Waals surface area contributed by atoms with Crippen LogP contribution in [0.3, 0.4) is 0 Å². The number of aliphatic imine (C=N–C) groups is 1. The van der Waals surface area contributed by atoms with Gasteiger partial charge in [-0.1, -0.05) is 22.0 Å². The first kappa shape index (κ1) is 16.5. The van der Waals surface area contributed by atoms with Crippen LogP contribution in [0.4, 0.5) is 5.69 Å². The number of aromatic amines is 1. The van der Waals surface area contributed by atoms with Crippen molar-refractivity contribution in [2.24, 2.45) is 4.99 Å². The van der Waals surface area contributed by atoms with Gasteiger partial charge in [-0.15, -0.1) is 0 Å². The van der Waals surface area contributed by atoms with Crippen molar-refractivity contribution in [1.82, 2.24) is 9.78 Å². The molecule has 0 atom stereocenters. The van der Waals surface area contributed by atoms with Crippen LogP contribution in [-0.2, 0) is 0 Å².